The molecule has 4 nitrogen and oxygen atoms in total. The molecule has 0 saturated carbocycles. The van der Waals surface area contributed by atoms with Gasteiger partial charge in [0.15, 0.2) is 6.29 Å². The van der Waals surface area contributed by atoms with E-state index in [4.69, 9.17) is 9.72 Å². The van der Waals surface area contributed by atoms with Crippen LogP contribution in [0.1, 0.15) is 10.5 Å². The first-order valence-electron chi connectivity index (χ1n) is 8.65. The van der Waals surface area contributed by atoms with Crippen LogP contribution in [0.4, 0.5) is 0 Å². The summed E-state index contributed by atoms with van der Waals surface area (Å²) in [5.74, 6) is 1.49. The summed E-state index contributed by atoms with van der Waals surface area (Å²) < 4.78 is 7.14. The highest BCUT2D eigenvalue weighted by molar-refractivity contribution is 5.87. The molecule has 0 fully saturated rings. The summed E-state index contributed by atoms with van der Waals surface area (Å²) in [7, 11) is 1.63. The van der Waals surface area contributed by atoms with E-state index in [-0.39, 0.29) is 0 Å². The molecule has 0 saturated heterocycles. The number of carbonyl (C=O) groups is 1. The number of benzene rings is 3. The lowest BCUT2D eigenvalue weighted by molar-refractivity contribution is 0.111. The van der Waals surface area contributed by atoms with Crippen LogP contribution in [-0.4, -0.2) is 22.9 Å². The molecule has 0 radical (unpaired) electrons. The van der Waals surface area contributed by atoms with Crippen molar-refractivity contribution in [3.63, 3.8) is 0 Å². The molecule has 27 heavy (non-hydrogen) atoms. The molecule has 0 aliphatic rings. The van der Waals surface area contributed by atoms with E-state index in [2.05, 4.69) is 0 Å². The number of carbonyl (C=O) groups excluding carboxylic acids is 1. The van der Waals surface area contributed by atoms with E-state index in [1.54, 1.807) is 7.11 Å². The quantitative estimate of drug-likeness (QED) is 0.472. The predicted molar refractivity (Wildman–Crippen MR) is 106 cm³/mol. The average molecular weight is 354 g/mol. The SMILES string of the molecule is COc1ccc(-c2nc(-c3ccccc3)n(-c3ccccc3)c2C=O)cc1. The molecule has 132 valence electrons. The van der Waals surface area contributed by atoms with Crippen molar-refractivity contribution in [2.24, 2.45) is 0 Å². The Morgan fingerprint density at radius 3 is 2.04 bits per heavy atom. The highest BCUT2D eigenvalue weighted by Gasteiger charge is 2.20. The van der Waals surface area contributed by atoms with Gasteiger partial charge in [0.1, 0.15) is 23.0 Å². The predicted octanol–water partition coefficient (Wildman–Crippen LogP) is 5.03. The van der Waals surface area contributed by atoms with E-state index >= 15 is 0 Å². The molecule has 0 aliphatic heterocycles. The van der Waals surface area contributed by atoms with Gasteiger partial charge in [0.25, 0.3) is 0 Å². The van der Waals surface area contributed by atoms with E-state index < -0.39 is 0 Å². The average Bonchev–Trinajstić information content (AvgIpc) is 3.14. The Morgan fingerprint density at radius 1 is 0.815 bits per heavy atom. The molecule has 4 aromatic rings. The Labute approximate surface area is 157 Å². The molecule has 0 bridgehead atoms. The molecule has 4 heteroatoms. The first-order chi connectivity index (χ1) is 13.3. The summed E-state index contributed by atoms with van der Waals surface area (Å²) in [6, 6.07) is 27.2. The number of aromatic nitrogens is 2. The molecule has 0 spiro atoms. The lowest BCUT2D eigenvalue weighted by Gasteiger charge is -2.09. The van der Waals surface area contributed by atoms with Gasteiger partial charge in [-0.25, -0.2) is 4.98 Å². The number of para-hydroxylation sites is 1. The van der Waals surface area contributed by atoms with Crippen molar-refractivity contribution < 1.29 is 9.53 Å². The Hall–Kier alpha value is -3.66. The maximum absolute atomic E-state index is 12.1. The molecule has 1 heterocycles. The van der Waals surface area contributed by atoms with Gasteiger partial charge in [-0.3, -0.25) is 9.36 Å². The second-order valence-electron chi connectivity index (χ2n) is 6.05. The van der Waals surface area contributed by atoms with Crippen molar-refractivity contribution in [3.8, 4) is 34.1 Å². The Bertz CT molecular complexity index is 1050. The zero-order valence-electron chi connectivity index (χ0n) is 14.9. The molecule has 0 N–H and O–H groups in total. The molecule has 0 unspecified atom stereocenters. The normalized spacial score (nSPS) is 10.6. The van der Waals surface area contributed by atoms with Gasteiger partial charge in [-0.2, -0.15) is 0 Å². The summed E-state index contributed by atoms with van der Waals surface area (Å²) in [6.45, 7) is 0. The summed E-state index contributed by atoms with van der Waals surface area (Å²) in [5.41, 5.74) is 3.88. The van der Waals surface area contributed by atoms with Crippen LogP contribution in [0.5, 0.6) is 5.75 Å². The van der Waals surface area contributed by atoms with Gasteiger partial charge in [-0.05, 0) is 36.4 Å². The van der Waals surface area contributed by atoms with Crippen molar-refractivity contribution in [1.29, 1.82) is 0 Å². The van der Waals surface area contributed by atoms with Gasteiger partial charge in [-0.15, -0.1) is 0 Å². The van der Waals surface area contributed by atoms with Crippen LogP contribution in [0.15, 0.2) is 84.9 Å². The van der Waals surface area contributed by atoms with Crippen molar-refractivity contribution in [2.45, 2.75) is 0 Å². The summed E-state index contributed by atoms with van der Waals surface area (Å²) >= 11 is 0. The molecular formula is C23H18N2O2. The van der Waals surface area contributed by atoms with Crippen molar-refractivity contribution in [2.75, 3.05) is 7.11 Å². The van der Waals surface area contributed by atoms with E-state index in [0.717, 1.165) is 34.7 Å². The largest absolute Gasteiger partial charge is 0.497 e. The summed E-state index contributed by atoms with van der Waals surface area (Å²) in [6.07, 6.45) is 0.867. The van der Waals surface area contributed by atoms with Crippen molar-refractivity contribution >= 4 is 6.29 Å². The monoisotopic (exact) mass is 354 g/mol. The fourth-order valence-electron chi connectivity index (χ4n) is 3.12. The third-order valence-corrected chi connectivity index (χ3v) is 4.43. The van der Waals surface area contributed by atoms with Gasteiger partial charge in [0.2, 0.25) is 0 Å². The highest BCUT2D eigenvalue weighted by Crippen LogP contribution is 2.32. The van der Waals surface area contributed by atoms with E-state index in [1.807, 2.05) is 89.5 Å². The third kappa shape index (κ3) is 3.13. The number of aldehydes is 1. The van der Waals surface area contributed by atoms with Crippen LogP contribution in [0.3, 0.4) is 0 Å². The maximum Gasteiger partial charge on any atom is 0.169 e. The number of hydrogen-bond donors (Lipinski definition) is 0. The minimum Gasteiger partial charge on any atom is -0.497 e. The van der Waals surface area contributed by atoms with E-state index in [1.165, 1.54) is 0 Å². The van der Waals surface area contributed by atoms with Gasteiger partial charge < -0.3 is 4.74 Å². The standard InChI is InChI=1S/C23H18N2O2/c1-27-20-14-12-17(13-15-20)22-21(16-26)25(19-10-6-3-7-11-19)23(24-22)18-8-4-2-5-9-18/h2-16H,1H3. The fourth-order valence-corrected chi connectivity index (χ4v) is 3.12. The Balaban J connectivity index is 1.98. The number of nitrogens with zero attached hydrogens (tertiary/aromatic N) is 2. The maximum atomic E-state index is 12.1. The number of imidazole rings is 1. The number of methoxy groups -OCH3 is 1. The third-order valence-electron chi connectivity index (χ3n) is 4.43. The molecule has 3 aromatic carbocycles. The Morgan fingerprint density at radius 2 is 1.44 bits per heavy atom. The number of ether oxygens (including phenoxy) is 1. The lowest BCUT2D eigenvalue weighted by Crippen LogP contribution is -2.02. The Kier molecular flexibility index (Phi) is 4.54. The fraction of sp³-hybridized carbons (Fsp3) is 0.0435. The van der Waals surface area contributed by atoms with Crippen LogP contribution in [0.2, 0.25) is 0 Å². The van der Waals surface area contributed by atoms with E-state index in [9.17, 15) is 4.79 Å². The van der Waals surface area contributed by atoms with Gasteiger partial charge >= 0.3 is 0 Å². The van der Waals surface area contributed by atoms with Gasteiger partial charge in [-0.1, -0.05) is 48.5 Å². The first kappa shape index (κ1) is 16.8. The minimum absolute atomic E-state index is 0.519. The van der Waals surface area contributed by atoms with Crippen LogP contribution in [-0.2, 0) is 0 Å². The molecule has 0 atom stereocenters. The zero-order valence-corrected chi connectivity index (χ0v) is 14.9. The molecule has 1 aromatic heterocycles. The summed E-state index contributed by atoms with van der Waals surface area (Å²) in [5, 5.41) is 0. The first-order valence-corrected chi connectivity index (χ1v) is 8.65. The van der Waals surface area contributed by atoms with Crippen molar-refractivity contribution in [3.05, 3.63) is 90.6 Å². The van der Waals surface area contributed by atoms with Gasteiger partial charge in [0.05, 0.1) is 7.11 Å². The van der Waals surface area contributed by atoms with Crippen LogP contribution >= 0.6 is 0 Å². The molecule has 0 aliphatic carbocycles. The molecule has 0 amide bonds. The molecular weight excluding hydrogens is 336 g/mol. The minimum atomic E-state index is 0.519. The van der Waals surface area contributed by atoms with Crippen LogP contribution < -0.4 is 4.74 Å². The summed E-state index contributed by atoms with van der Waals surface area (Å²) in [4.78, 5) is 16.9. The van der Waals surface area contributed by atoms with Crippen LogP contribution in [0, 0.1) is 0 Å². The second kappa shape index (κ2) is 7.30. The van der Waals surface area contributed by atoms with Crippen LogP contribution in [0.25, 0.3) is 28.3 Å². The van der Waals surface area contributed by atoms with Gasteiger partial charge in [0, 0.05) is 16.8 Å². The van der Waals surface area contributed by atoms with Crippen molar-refractivity contribution in [1.82, 2.24) is 9.55 Å². The molecule has 4 rings (SSSR count). The highest BCUT2D eigenvalue weighted by atomic mass is 16.5. The zero-order chi connectivity index (χ0) is 18.6. The smallest absolute Gasteiger partial charge is 0.169 e. The number of rotatable bonds is 5. The second-order valence-corrected chi connectivity index (χ2v) is 6.05. The topological polar surface area (TPSA) is 44.1 Å². The number of hydrogen-bond acceptors (Lipinski definition) is 3. The lowest BCUT2D eigenvalue weighted by atomic mass is 10.1. The van der Waals surface area contributed by atoms with E-state index in [0.29, 0.717) is 11.4 Å².